The molecule has 0 radical (unpaired) electrons. The van der Waals surface area contributed by atoms with Crippen molar-refractivity contribution in [3.8, 4) is 0 Å². The van der Waals surface area contributed by atoms with Gasteiger partial charge in [0.05, 0.1) is 9.95 Å². The molecule has 0 fully saturated rings. The molecule has 0 aliphatic carbocycles. The third kappa shape index (κ3) is 3.59. The van der Waals surface area contributed by atoms with Crippen LogP contribution in [0.1, 0.15) is 5.56 Å². The quantitative estimate of drug-likeness (QED) is 0.660. The molecule has 2 aromatic rings. The Morgan fingerprint density at radius 1 is 1.20 bits per heavy atom. The van der Waals surface area contributed by atoms with Gasteiger partial charge in [-0.1, -0.05) is 23.2 Å². The van der Waals surface area contributed by atoms with Gasteiger partial charge in [-0.25, -0.2) is 4.39 Å². The summed E-state index contributed by atoms with van der Waals surface area (Å²) >= 11 is 11.7. The highest BCUT2D eigenvalue weighted by Gasteiger charge is 2.09. The first-order valence-electron chi connectivity index (χ1n) is 5.58. The molecule has 0 saturated heterocycles. The average Bonchev–Trinajstić information content (AvgIpc) is 2.36. The molecular weight excluding hydrogens is 306 g/mol. The van der Waals surface area contributed by atoms with Crippen molar-refractivity contribution in [3.63, 3.8) is 0 Å². The van der Waals surface area contributed by atoms with E-state index in [4.69, 9.17) is 23.2 Å². The van der Waals surface area contributed by atoms with E-state index in [9.17, 15) is 14.5 Å². The van der Waals surface area contributed by atoms with Crippen molar-refractivity contribution in [2.24, 2.45) is 0 Å². The van der Waals surface area contributed by atoms with Crippen molar-refractivity contribution in [3.05, 3.63) is 67.9 Å². The highest BCUT2D eigenvalue weighted by molar-refractivity contribution is 6.31. The van der Waals surface area contributed by atoms with Gasteiger partial charge in [-0.05, 0) is 29.8 Å². The van der Waals surface area contributed by atoms with Gasteiger partial charge in [0.15, 0.2) is 0 Å². The lowest BCUT2D eigenvalue weighted by Gasteiger charge is -2.08. The van der Waals surface area contributed by atoms with E-state index < -0.39 is 10.7 Å². The van der Waals surface area contributed by atoms with E-state index in [0.717, 1.165) is 0 Å². The van der Waals surface area contributed by atoms with Gasteiger partial charge in [0.25, 0.3) is 5.69 Å². The predicted molar refractivity (Wildman–Crippen MR) is 76.8 cm³/mol. The van der Waals surface area contributed by atoms with E-state index in [-0.39, 0.29) is 15.7 Å². The van der Waals surface area contributed by atoms with E-state index in [1.54, 1.807) is 12.1 Å². The molecule has 0 aromatic heterocycles. The van der Waals surface area contributed by atoms with Crippen LogP contribution >= 0.6 is 23.2 Å². The minimum Gasteiger partial charge on any atom is -0.381 e. The van der Waals surface area contributed by atoms with Crippen LogP contribution in [0.4, 0.5) is 15.8 Å². The standard InChI is InChI=1S/C13H9Cl2FN2O2/c14-9-3-10(16)5-11(4-9)17-7-8-1-2-12(18(19)20)6-13(8)15/h1-6,17H,7H2. The smallest absolute Gasteiger partial charge is 0.270 e. The minimum atomic E-state index is -0.518. The van der Waals surface area contributed by atoms with E-state index in [1.165, 1.54) is 24.3 Å². The lowest BCUT2D eigenvalue weighted by molar-refractivity contribution is -0.384. The Labute approximate surface area is 124 Å². The van der Waals surface area contributed by atoms with E-state index in [1.807, 2.05) is 0 Å². The van der Waals surface area contributed by atoms with Crippen LogP contribution < -0.4 is 5.32 Å². The Bertz CT molecular complexity index is 645. The Hall–Kier alpha value is -1.85. The lowest BCUT2D eigenvalue weighted by Crippen LogP contribution is -2.01. The summed E-state index contributed by atoms with van der Waals surface area (Å²) in [4.78, 5) is 10.1. The summed E-state index contributed by atoms with van der Waals surface area (Å²) in [6.07, 6.45) is 0. The van der Waals surface area contributed by atoms with Crippen molar-refractivity contribution in [1.29, 1.82) is 0 Å². The number of nitro benzene ring substituents is 1. The molecule has 0 atom stereocenters. The average molecular weight is 315 g/mol. The van der Waals surface area contributed by atoms with E-state index >= 15 is 0 Å². The molecule has 2 aromatic carbocycles. The normalized spacial score (nSPS) is 10.3. The molecule has 0 heterocycles. The van der Waals surface area contributed by atoms with E-state index in [2.05, 4.69) is 5.32 Å². The number of nitrogens with one attached hydrogen (secondary N) is 1. The van der Waals surface area contributed by atoms with Crippen LogP contribution in [0.25, 0.3) is 0 Å². The fraction of sp³-hybridized carbons (Fsp3) is 0.0769. The summed E-state index contributed by atoms with van der Waals surface area (Å²) in [6, 6.07) is 8.26. The van der Waals surface area contributed by atoms with Gasteiger partial charge < -0.3 is 5.32 Å². The second-order valence-corrected chi connectivity index (χ2v) is 4.89. The number of rotatable bonds is 4. The summed E-state index contributed by atoms with van der Waals surface area (Å²) in [6.45, 7) is 0.302. The molecule has 4 nitrogen and oxygen atoms in total. The molecule has 2 rings (SSSR count). The Kier molecular flexibility index (Phi) is 4.42. The molecule has 0 bridgehead atoms. The van der Waals surface area contributed by atoms with Crippen LogP contribution in [0.3, 0.4) is 0 Å². The van der Waals surface area contributed by atoms with Crippen LogP contribution in [0.15, 0.2) is 36.4 Å². The van der Waals surface area contributed by atoms with E-state index in [0.29, 0.717) is 17.8 Å². The van der Waals surface area contributed by atoms with Crippen LogP contribution in [0.2, 0.25) is 10.0 Å². The van der Waals surface area contributed by atoms with Crippen LogP contribution in [-0.2, 0) is 6.54 Å². The predicted octanol–water partition coefficient (Wildman–Crippen LogP) is 4.65. The molecule has 0 spiro atoms. The second-order valence-electron chi connectivity index (χ2n) is 4.04. The van der Waals surface area contributed by atoms with Gasteiger partial charge in [-0.2, -0.15) is 0 Å². The van der Waals surface area contributed by atoms with Gasteiger partial charge in [-0.3, -0.25) is 10.1 Å². The van der Waals surface area contributed by atoms with Crippen molar-refractivity contribution < 1.29 is 9.31 Å². The maximum absolute atomic E-state index is 13.1. The highest BCUT2D eigenvalue weighted by atomic mass is 35.5. The van der Waals surface area contributed by atoms with Crippen molar-refractivity contribution in [2.75, 3.05) is 5.32 Å². The zero-order valence-corrected chi connectivity index (χ0v) is 11.6. The molecule has 104 valence electrons. The molecule has 0 aliphatic rings. The number of nitro groups is 1. The van der Waals surface area contributed by atoms with Gasteiger partial charge in [0, 0.05) is 29.4 Å². The molecule has 20 heavy (non-hydrogen) atoms. The highest BCUT2D eigenvalue weighted by Crippen LogP contribution is 2.24. The zero-order valence-electron chi connectivity index (χ0n) is 10.1. The summed E-state index contributed by atoms with van der Waals surface area (Å²) in [5.74, 6) is -0.449. The number of nitrogens with zero attached hydrogens (tertiary/aromatic N) is 1. The first-order valence-corrected chi connectivity index (χ1v) is 6.34. The van der Waals surface area contributed by atoms with Gasteiger partial charge in [-0.15, -0.1) is 0 Å². The molecule has 7 heteroatoms. The van der Waals surface area contributed by atoms with Crippen molar-refractivity contribution in [1.82, 2.24) is 0 Å². The summed E-state index contributed by atoms with van der Waals surface area (Å²) in [7, 11) is 0. The SMILES string of the molecule is O=[N+]([O-])c1ccc(CNc2cc(F)cc(Cl)c2)c(Cl)c1. The summed E-state index contributed by atoms with van der Waals surface area (Å²) in [5.41, 5.74) is 1.09. The number of benzene rings is 2. The fourth-order valence-electron chi connectivity index (χ4n) is 1.65. The third-order valence-electron chi connectivity index (χ3n) is 2.59. The molecule has 0 unspecified atom stereocenters. The number of non-ortho nitro benzene ring substituents is 1. The Morgan fingerprint density at radius 2 is 1.95 bits per heavy atom. The summed E-state index contributed by atoms with van der Waals surface area (Å²) in [5, 5.41) is 14.1. The number of hydrogen-bond acceptors (Lipinski definition) is 3. The first-order chi connectivity index (χ1) is 9.45. The Morgan fingerprint density at radius 3 is 2.55 bits per heavy atom. The maximum atomic E-state index is 13.1. The molecule has 0 amide bonds. The number of halogens is 3. The van der Waals surface area contributed by atoms with Gasteiger partial charge in [0.2, 0.25) is 0 Å². The van der Waals surface area contributed by atoms with Crippen LogP contribution in [0.5, 0.6) is 0 Å². The number of anilines is 1. The summed E-state index contributed by atoms with van der Waals surface area (Å²) < 4.78 is 13.1. The largest absolute Gasteiger partial charge is 0.381 e. The zero-order chi connectivity index (χ0) is 14.7. The second kappa shape index (κ2) is 6.07. The molecule has 1 N–H and O–H groups in total. The molecule has 0 saturated carbocycles. The minimum absolute atomic E-state index is 0.0763. The van der Waals surface area contributed by atoms with Crippen molar-refractivity contribution >= 4 is 34.6 Å². The topological polar surface area (TPSA) is 55.2 Å². The van der Waals surface area contributed by atoms with Gasteiger partial charge >= 0.3 is 0 Å². The third-order valence-corrected chi connectivity index (χ3v) is 3.16. The number of hydrogen-bond donors (Lipinski definition) is 1. The van der Waals surface area contributed by atoms with Gasteiger partial charge in [0.1, 0.15) is 5.82 Å². The van der Waals surface area contributed by atoms with Crippen LogP contribution in [0, 0.1) is 15.9 Å². The van der Waals surface area contributed by atoms with Crippen LogP contribution in [-0.4, -0.2) is 4.92 Å². The maximum Gasteiger partial charge on any atom is 0.270 e. The monoisotopic (exact) mass is 314 g/mol. The molecular formula is C13H9Cl2FN2O2. The lowest BCUT2D eigenvalue weighted by atomic mass is 10.2. The Balaban J connectivity index is 2.12. The first kappa shape index (κ1) is 14.6. The fourth-order valence-corrected chi connectivity index (χ4v) is 2.11. The van der Waals surface area contributed by atoms with Crippen molar-refractivity contribution in [2.45, 2.75) is 6.54 Å². The molecule has 0 aliphatic heterocycles.